The SMILES string of the molecule is CCOC1=C([C@@H](NC(=O)OC(C)(C)C)c2ccc(C(F)(F)F)cc2)C(=O)CO1. The Bertz CT molecular complexity index is 763. The predicted octanol–water partition coefficient (Wildman–Crippen LogP) is 4.12. The first-order valence-corrected chi connectivity index (χ1v) is 8.62. The highest BCUT2D eigenvalue weighted by atomic mass is 19.4. The second-order valence-corrected chi connectivity index (χ2v) is 7.05. The minimum atomic E-state index is -4.51. The molecule has 0 radical (unpaired) electrons. The third-order valence-electron chi connectivity index (χ3n) is 3.65. The number of carbonyl (C=O) groups excluding carboxylic acids is 2. The number of Topliss-reactive ketones (excluding diaryl/α,β-unsaturated/α-hetero) is 1. The predicted molar refractivity (Wildman–Crippen MR) is 93.2 cm³/mol. The molecular weight excluding hydrogens is 379 g/mol. The van der Waals surface area contributed by atoms with E-state index in [4.69, 9.17) is 14.2 Å². The van der Waals surface area contributed by atoms with Gasteiger partial charge in [-0.3, -0.25) is 4.79 Å². The zero-order chi connectivity index (χ0) is 21.1. The lowest BCUT2D eigenvalue weighted by molar-refractivity contribution is -0.137. The lowest BCUT2D eigenvalue weighted by atomic mass is 9.96. The molecule has 1 amide bonds. The molecule has 9 heteroatoms. The molecule has 0 aliphatic carbocycles. The summed E-state index contributed by atoms with van der Waals surface area (Å²) in [6.45, 7) is 6.60. The first kappa shape index (κ1) is 21.6. The van der Waals surface area contributed by atoms with E-state index in [-0.39, 0.29) is 30.3 Å². The van der Waals surface area contributed by atoms with Crippen LogP contribution in [0.3, 0.4) is 0 Å². The van der Waals surface area contributed by atoms with Crippen LogP contribution in [0.2, 0.25) is 0 Å². The average Bonchev–Trinajstić information content (AvgIpc) is 2.91. The third-order valence-corrected chi connectivity index (χ3v) is 3.65. The van der Waals surface area contributed by atoms with Gasteiger partial charge in [-0.15, -0.1) is 0 Å². The lowest BCUT2D eigenvalue weighted by Gasteiger charge is -2.24. The Labute approximate surface area is 160 Å². The summed E-state index contributed by atoms with van der Waals surface area (Å²) in [5.74, 6) is -0.502. The summed E-state index contributed by atoms with van der Waals surface area (Å²) in [6, 6.07) is 3.04. The van der Waals surface area contributed by atoms with Gasteiger partial charge < -0.3 is 19.5 Å². The molecule has 1 aliphatic rings. The molecule has 0 saturated heterocycles. The molecule has 0 fully saturated rings. The molecule has 1 heterocycles. The third kappa shape index (κ3) is 5.40. The molecule has 1 N–H and O–H groups in total. The summed E-state index contributed by atoms with van der Waals surface area (Å²) in [5.41, 5.74) is -1.38. The molecule has 2 rings (SSSR count). The molecule has 1 aliphatic heterocycles. The van der Waals surface area contributed by atoms with Gasteiger partial charge in [0.25, 0.3) is 5.95 Å². The van der Waals surface area contributed by atoms with Crippen molar-refractivity contribution < 1.29 is 37.0 Å². The van der Waals surface area contributed by atoms with Gasteiger partial charge in [-0.25, -0.2) is 4.79 Å². The minimum Gasteiger partial charge on any atom is -0.465 e. The number of ketones is 1. The highest BCUT2D eigenvalue weighted by molar-refractivity contribution is 6.00. The highest BCUT2D eigenvalue weighted by Crippen LogP contribution is 2.34. The number of alkyl carbamates (subject to hydrolysis) is 1. The van der Waals surface area contributed by atoms with Crippen molar-refractivity contribution in [2.24, 2.45) is 0 Å². The zero-order valence-corrected chi connectivity index (χ0v) is 16.0. The maximum absolute atomic E-state index is 12.8. The van der Waals surface area contributed by atoms with Crippen molar-refractivity contribution in [1.82, 2.24) is 5.32 Å². The second-order valence-electron chi connectivity index (χ2n) is 7.05. The van der Waals surface area contributed by atoms with Crippen molar-refractivity contribution in [2.75, 3.05) is 13.2 Å². The molecule has 154 valence electrons. The Morgan fingerprint density at radius 1 is 1.21 bits per heavy atom. The largest absolute Gasteiger partial charge is 0.465 e. The van der Waals surface area contributed by atoms with Crippen molar-refractivity contribution in [3.05, 3.63) is 46.9 Å². The van der Waals surface area contributed by atoms with Crippen LogP contribution in [0.25, 0.3) is 0 Å². The van der Waals surface area contributed by atoms with E-state index in [1.807, 2.05) is 0 Å². The van der Waals surface area contributed by atoms with Crippen LogP contribution in [0.15, 0.2) is 35.8 Å². The highest BCUT2D eigenvalue weighted by Gasteiger charge is 2.37. The molecule has 1 aromatic rings. The molecule has 0 unspecified atom stereocenters. The van der Waals surface area contributed by atoms with E-state index in [2.05, 4.69) is 5.32 Å². The van der Waals surface area contributed by atoms with Crippen LogP contribution in [0, 0.1) is 0 Å². The Kier molecular flexibility index (Phi) is 6.26. The van der Waals surface area contributed by atoms with Gasteiger partial charge in [-0.05, 0) is 45.4 Å². The van der Waals surface area contributed by atoms with Crippen LogP contribution in [0.5, 0.6) is 0 Å². The number of amides is 1. The first-order chi connectivity index (χ1) is 12.9. The fourth-order valence-corrected chi connectivity index (χ4v) is 2.54. The van der Waals surface area contributed by atoms with Gasteiger partial charge in [0.1, 0.15) is 11.2 Å². The van der Waals surface area contributed by atoms with Crippen LogP contribution in [-0.2, 0) is 25.2 Å². The molecule has 0 bridgehead atoms. The standard InChI is InChI=1S/C19H22F3NO5/c1-5-26-16-14(13(24)10-27-16)15(23-17(25)28-18(2,3)4)11-6-8-12(9-7-11)19(20,21)22/h6-9,15H,5,10H2,1-4H3,(H,23,25)/t15-/m0/s1. The fourth-order valence-electron chi connectivity index (χ4n) is 2.54. The molecule has 6 nitrogen and oxygen atoms in total. The number of alkyl halides is 3. The summed E-state index contributed by atoms with van der Waals surface area (Å²) in [4.78, 5) is 24.6. The topological polar surface area (TPSA) is 73.9 Å². The van der Waals surface area contributed by atoms with Gasteiger partial charge in [0.05, 0.1) is 18.2 Å². The minimum absolute atomic E-state index is 0.0208. The molecule has 28 heavy (non-hydrogen) atoms. The van der Waals surface area contributed by atoms with Crippen molar-refractivity contribution in [1.29, 1.82) is 0 Å². The van der Waals surface area contributed by atoms with Crippen LogP contribution < -0.4 is 5.32 Å². The monoisotopic (exact) mass is 401 g/mol. The lowest BCUT2D eigenvalue weighted by Crippen LogP contribution is -2.36. The molecule has 0 saturated carbocycles. The summed E-state index contributed by atoms with van der Waals surface area (Å²) in [5, 5.41) is 2.53. The number of hydrogen-bond acceptors (Lipinski definition) is 5. The van der Waals surface area contributed by atoms with E-state index in [0.29, 0.717) is 0 Å². The van der Waals surface area contributed by atoms with E-state index in [1.54, 1.807) is 27.7 Å². The van der Waals surface area contributed by atoms with E-state index in [1.165, 1.54) is 12.1 Å². The maximum atomic E-state index is 12.8. The quantitative estimate of drug-likeness (QED) is 0.804. The number of benzene rings is 1. The van der Waals surface area contributed by atoms with Crippen LogP contribution in [0.1, 0.15) is 44.9 Å². The van der Waals surface area contributed by atoms with Crippen LogP contribution in [-0.4, -0.2) is 30.7 Å². The summed E-state index contributed by atoms with van der Waals surface area (Å²) in [6.07, 6.45) is -5.34. The van der Waals surface area contributed by atoms with E-state index >= 15 is 0 Å². The number of halogens is 3. The Hall–Kier alpha value is -2.71. The van der Waals surface area contributed by atoms with Crippen molar-refractivity contribution in [3.8, 4) is 0 Å². The van der Waals surface area contributed by atoms with Crippen molar-refractivity contribution in [3.63, 3.8) is 0 Å². The van der Waals surface area contributed by atoms with Crippen molar-refractivity contribution in [2.45, 2.75) is 45.5 Å². The molecule has 1 aromatic carbocycles. The molecule has 1 atom stereocenters. The normalized spacial score (nSPS) is 15.9. The van der Waals surface area contributed by atoms with Gasteiger partial charge in [-0.2, -0.15) is 13.2 Å². The first-order valence-electron chi connectivity index (χ1n) is 8.62. The van der Waals surface area contributed by atoms with Crippen LogP contribution in [0.4, 0.5) is 18.0 Å². The average molecular weight is 401 g/mol. The zero-order valence-electron chi connectivity index (χ0n) is 16.0. The van der Waals surface area contributed by atoms with Gasteiger partial charge in [-0.1, -0.05) is 12.1 Å². The number of hydrogen-bond donors (Lipinski definition) is 1. The summed E-state index contributed by atoms with van der Waals surface area (Å²) < 4.78 is 54.3. The molecule has 0 aromatic heterocycles. The van der Waals surface area contributed by atoms with Gasteiger partial charge in [0.15, 0.2) is 6.61 Å². The smallest absolute Gasteiger partial charge is 0.416 e. The van der Waals surface area contributed by atoms with Gasteiger partial charge >= 0.3 is 12.3 Å². The summed E-state index contributed by atoms with van der Waals surface area (Å²) in [7, 11) is 0. The fraction of sp³-hybridized carbons (Fsp3) is 0.474. The molecular formula is C19H22F3NO5. The number of rotatable bonds is 5. The Morgan fingerprint density at radius 2 is 1.82 bits per heavy atom. The summed E-state index contributed by atoms with van der Waals surface area (Å²) >= 11 is 0. The number of ether oxygens (including phenoxy) is 3. The second kappa shape index (κ2) is 8.12. The van der Waals surface area contributed by atoms with E-state index in [0.717, 1.165) is 12.1 Å². The maximum Gasteiger partial charge on any atom is 0.416 e. The number of nitrogens with one attached hydrogen (secondary N) is 1. The van der Waals surface area contributed by atoms with Crippen LogP contribution >= 0.6 is 0 Å². The Balaban J connectivity index is 2.43. The van der Waals surface area contributed by atoms with Crippen molar-refractivity contribution >= 4 is 11.9 Å². The Morgan fingerprint density at radius 3 is 2.32 bits per heavy atom. The molecule has 0 spiro atoms. The van der Waals surface area contributed by atoms with E-state index in [9.17, 15) is 22.8 Å². The van der Waals surface area contributed by atoms with E-state index < -0.39 is 35.3 Å². The van der Waals surface area contributed by atoms with Gasteiger partial charge in [0.2, 0.25) is 5.78 Å². The number of carbonyl (C=O) groups is 2. The van der Waals surface area contributed by atoms with Gasteiger partial charge in [0, 0.05) is 0 Å².